The highest BCUT2D eigenvalue weighted by atomic mass is 16.2. The van der Waals surface area contributed by atoms with Gasteiger partial charge in [-0.2, -0.15) is 0 Å². The van der Waals surface area contributed by atoms with Crippen LogP contribution in [0.15, 0.2) is 0 Å². The summed E-state index contributed by atoms with van der Waals surface area (Å²) in [6, 6.07) is 0. The fraction of sp³-hybridized carbons (Fsp3) is 0.833. The van der Waals surface area contributed by atoms with E-state index in [1.54, 1.807) is 6.92 Å². The molecule has 0 aliphatic heterocycles. The van der Waals surface area contributed by atoms with Gasteiger partial charge < -0.3 is 0 Å². The van der Waals surface area contributed by atoms with Crippen LogP contribution in [0.5, 0.6) is 0 Å². The van der Waals surface area contributed by atoms with E-state index in [9.17, 15) is 4.79 Å². The van der Waals surface area contributed by atoms with Crippen molar-refractivity contribution in [1.29, 1.82) is 0 Å². The number of Topliss-reactive ketones (excluding diaryl/α,β-unsaturated/α-hetero) is 1. The summed E-state index contributed by atoms with van der Waals surface area (Å²) in [6.45, 7) is 7.35. The van der Waals surface area contributed by atoms with Gasteiger partial charge in [-0.15, -0.1) is 0 Å². The molecule has 0 amide bonds. The number of rotatable bonds is 0. The quantitative estimate of drug-likeness (QED) is 0.424. The van der Waals surface area contributed by atoms with Crippen molar-refractivity contribution in [3.8, 4) is 0 Å². The molecule has 0 N–H and O–H groups in total. The predicted molar refractivity (Wildman–Crippen MR) is 30.1 cm³/mol. The Hall–Kier alpha value is -0.330. The molecule has 0 atom stereocenters. The van der Waals surface area contributed by atoms with Crippen molar-refractivity contribution in [3.63, 3.8) is 0 Å². The molecule has 0 rings (SSSR count). The summed E-state index contributed by atoms with van der Waals surface area (Å²) in [7, 11) is 0. The first-order chi connectivity index (χ1) is 2.94. The van der Waals surface area contributed by atoms with Gasteiger partial charge in [-0.25, -0.2) is 0 Å². The van der Waals surface area contributed by atoms with Crippen LogP contribution in [0.4, 0.5) is 0 Å². The third-order valence-corrected chi connectivity index (χ3v) is 1.06. The predicted octanol–water partition coefficient (Wildman–Crippen LogP) is 1.62. The molecular weight excluding hydrogens is 89.1 g/mol. The van der Waals surface area contributed by atoms with Crippen LogP contribution in [0, 0.1) is 5.41 Å². The lowest BCUT2D eigenvalue weighted by Crippen LogP contribution is -2.15. The SMILES string of the molecule is C[13C](=O)C(C)(C)C. The van der Waals surface area contributed by atoms with Gasteiger partial charge in [0.2, 0.25) is 0 Å². The van der Waals surface area contributed by atoms with Gasteiger partial charge in [-0.05, 0) is 6.92 Å². The lowest BCUT2D eigenvalue weighted by Gasteiger charge is -2.11. The van der Waals surface area contributed by atoms with Gasteiger partial charge in [0.25, 0.3) is 0 Å². The first-order valence-corrected chi connectivity index (χ1v) is 2.45. The van der Waals surface area contributed by atoms with Crippen LogP contribution in [0.2, 0.25) is 0 Å². The van der Waals surface area contributed by atoms with E-state index in [4.69, 9.17) is 0 Å². The molecule has 0 radical (unpaired) electrons. The molecule has 0 fully saturated rings. The van der Waals surface area contributed by atoms with Gasteiger partial charge in [0.05, 0.1) is 0 Å². The Labute approximate surface area is 44.7 Å². The third-order valence-electron chi connectivity index (χ3n) is 1.06. The summed E-state index contributed by atoms with van der Waals surface area (Å²) in [5.74, 6) is 0.243. The van der Waals surface area contributed by atoms with Crippen molar-refractivity contribution in [2.24, 2.45) is 5.41 Å². The van der Waals surface area contributed by atoms with E-state index in [-0.39, 0.29) is 11.2 Å². The van der Waals surface area contributed by atoms with Crippen LogP contribution >= 0.6 is 0 Å². The van der Waals surface area contributed by atoms with Crippen molar-refractivity contribution in [2.45, 2.75) is 27.7 Å². The van der Waals surface area contributed by atoms with Crippen LogP contribution in [0.1, 0.15) is 27.7 Å². The van der Waals surface area contributed by atoms with Crippen LogP contribution < -0.4 is 0 Å². The Morgan fingerprint density at radius 3 is 1.43 bits per heavy atom. The van der Waals surface area contributed by atoms with Crippen molar-refractivity contribution in [1.82, 2.24) is 0 Å². The largest absolute Gasteiger partial charge is 0.299 e. The van der Waals surface area contributed by atoms with Gasteiger partial charge in [0, 0.05) is 5.41 Å². The summed E-state index contributed by atoms with van der Waals surface area (Å²) >= 11 is 0. The molecule has 0 aromatic rings. The monoisotopic (exact) mass is 101 g/mol. The molecule has 7 heavy (non-hydrogen) atoms. The summed E-state index contributed by atoms with van der Waals surface area (Å²) in [4.78, 5) is 10.5. The van der Waals surface area contributed by atoms with E-state index in [0.717, 1.165) is 0 Å². The van der Waals surface area contributed by atoms with Crippen molar-refractivity contribution in [2.75, 3.05) is 0 Å². The second-order valence-electron chi connectivity index (χ2n) is 2.81. The second-order valence-corrected chi connectivity index (χ2v) is 2.81. The molecule has 0 unspecified atom stereocenters. The van der Waals surface area contributed by atoms with Crippen molar-refractivity contribution >= 4 is 5.78 Å². The number of ketones is 1. The summed E-state index contributed by atoms with van der Waals surface area (Å²) in [5, 5.41) is 0. The Kier molecular flexibility index (Phi) is 1.57. The van der Waals surface area contributed by atoms with E-state index < -0.39 is 0 Å². The first kappa shape index (κ1) is 6.67. The van der Waals surface area contributed by atoms with Crippen LogP contribution in [0.25, 0.3) is 0 Å². The molecule has 1 heteroatoms. The van der Waals surface area contributed by atoms with Crippen molar-refractivity contribution < 1.29 is 4.79 Å². The minimum Gasteiger partial charge on any atom is -0.299 e. The zero-order valence-corrected chi connectivity index (χ0v) is 5.41. The van der Waals surface area contributed by atoms with E-state index in [1.807, 2.05) is 20.8 Å². The van der Waals surface area contributed by atoms with E-state index in [0.29, 0.717) is 0 Å². The van der Waals surface area contributed by atoms with E-state index >= 15 is 0 Å². The number of hydrogen-bond acceptors (Lipinski definition) is 1. The maximum atomic E-state index is 10.5. The summed E-state index contributed by atoms with van der Waals surface area (Å²) in [5.41, 5.74) is -0.139. The number of carbonyl (C=O) groups is 1. The highest BCUT2D eigenvalue weighted by molar-refractivity contribution is 5.80. The lowest BCUT2D eigenvalue weighted by molar-refractivity contribution is -0.124. The maximum absolute atomic E-state index is 10.5. The molecule has 0 aromatic carbocycles. The fourth-order valence-corrected chi connectivity index (χ4v) is 0. The average Bonchev–Trinajstić information content (AvgIpc) is 1.31. The van der Waals surface area contributed by atoms with Crippen molar-refractivity contribution in [3.05, 3.63) is 0 Å². The van der Waals surface area contributed by atoms with Gasteiger partial charge in [-0.3, -0.25) is 4.79 Å². The van der Waals surface area contributed by atoms with Gasteiger partial charge in [-0.1, -0.05) is 20.8 Å². The summed E-state index contributed by atoms with van der Waals surface area (Å²) < 4.78 is 0. The molecule has 0 saturated heterocycles. The molecule has 0 spiro atoms. The Balaban J connectivity index is 3.79. The third kappa shape index (κ3) is 2.38. The standard InChI is InChI=1S/C6H12O/c1-5(7)6(2,3)4/h1-4H3/i5+1. The minimum absolute atomic E-state index is 0.139. The Morgan fingerprint density at radius 2 is 1.43 bits per heavy atom. The molecule has 0 saturated carbocycles. The minimum atomic E-state index is -0.139. The molecule has 0 aromatic heterocycles. The number of carbonyl (C=O) groups excluding carboxylic acids is 1. The highest BCUT2D eigenvalue weighted by Gasteiger charge is 2.14. The van der Waals surface area contributed by atoms with Crippen LogP contribution in [-0.2, 0) is 4.79 Å². The molecule has 0 heterocycles. The Bertz CT molecular complexity index is 76.7. The topological polar surface area (TPSA) is 17.1 Å². The zero-order chi connectivity index (χ0) is 6.08. The number of hydrogen-bond donors (Lipinski definition) is 0. The lowest BCUT2D eigenvalue weighted by atomic mass is 10.1. The van der Waals surface area contributed by atoms with Crippen LogP contribution in [0.3, 0.4) is 0 Å². The normalized spacial score (nSPS) is 11.4. The smallest absolute Gasteiger partial charge is 0.135 e. The highest BCUT2D eigenvalue weighted by Crippen LogP contribution is 2.12. The maximum Gasteiger partial charge on any atom is 0.135 e. The van der Waals surface area contributed by atoms with Gasteiger partial charge >= 0.3 is 0 Å². The molecule has 0 aliphatic carbocycles. The fourth-order valence-electron chi connectivity index (χ4n) is 0. The van der Waals surface area contributed by atoms with Crippen LogP contribution in [-0.4, -0.2) is 5.78 Å². The molecule has 1 nitrogen and oxygen atoms in total. The Morgan fingerprint density at radius 1 is 1.29 bits per heavy atom. The van der Waals surface area contributed by atoms with Gasteiger partial charge in [0.15, 0.2) is 0 Å². The average molecular weight is 101 g/mol. The second kappa shape index (κ2) is 1.65. The van der Waals surface area contributed by atoms with E-state index in [1.165, 1.54) is 0 Å². The molecule has 0 bridgehead atoms. The molecular formula is C6H12O. The zero-order valence-electron chi connectivity index (χ0n) is 5.41. The summed E-state index contributed by atoms with van der Waals surface area (Å²) in [6.07, 6.45) is 0. The first-order valence-electron chi connectivity index (χ1n) is 2.45. The molecule has 42 valence electrons. The van der Waals surface area contributed by atoms with Gasteiger partial charge in [0.1, 0.15) is 5.78 Å². The molecule has 0 aliphatic rings. The van der Waals surface area contributed by atoms with E-state index in [2.05, 4.69) is 0 Å².